The average Bonchev–Trinajstić information content (AvgIpc) is 3.09. The SMILES string of the molecule is CCS(=O)(=O)Nc1ccc(NC(=O)c2sc3cccc(F)c3c2COC)cc1OC. The summed E-state index contributed by atoms with van der Waals surface area (Å²) >= 11 is 1.17. The lowest BCUT2D eigenvalue weighted by Crippen LogP contribution is -2.16. The van der Waals surface area contributed by atoms with Crippen molar-refractivity contribution in [2.75, 3.05) is 30.0 Å². The highest BCUT2D eigenvalue weighted by atomic mass is 32.2. The number of benzene rings is 2. The molecule has 1 heterocycles. The molecule has 3 rings (SSSR count). The lowest BCUT2D eigenvalue weighted by Gasteiger charge is -2.13. The summed E-state index contributed by atoms with van der Waals surface area (Å²) in [6, 6.07) is 9.25. The number of amides is 1. The van der Waals surface area contributed by atoms with E-state index in [0.29, 0.717) is 26.2 Å². The van der Waals surface area contributed by atoms with Crippen LogP contribution >= 0.6 is 11.3 Å². The van der Waals surface area contributed by atoms with Gasteiger partial charge in [-0.2, -0.15) is 0 Å². The first-order valence-corrected chi connectivity index (χ1v) is 11.4. The highest BCUT2D eigenvalue weighted by Gasteiger charge is 2.21. The van der Waals surface area contributed by atoms with E-state index in [-0.39, 0.29) is 23.8 Å². The number of carbonyl (C=O) groups excluding carboxylic acids is 1. The number of nitrogens with one attached hydrogen (secondary N) is 2. The summed E-state index contributed by atoms with van der Waals surface area (Å²) in [5.41, 5.74) is 1.14. The Kier molecular flexibility index (Phi) is 6.59. The van der Waals surface area contributed by atoms with Gasteiger partial charge in [0.05, 0.1) is 30.0 Å². The number of fused-ring (bicyclic) bond motifs is 1. The Morgan fingerprint density at radius 3 is 2.63 bits per heavy atom. The largest absolute Gasteiger partial charge is 0.494 e. The fourth-order valence-corrected chi connectivity index (χ4v) is 4.68. The molecule has 3 aromatic rings. The van der Waals surface area contributed by atoms with Crippen molar-refractivity contribution in [3.05, 3.63) is 52.7 Å². The molecule has 160 valence electrons. The Morgan fingerprint density at radius 2 is 1.97 bits per heavy atom. The number of methoxy groups -OCH3 is 2. The number of thiophene rings is 1. The number of ether oxygens (including phenoxy) is 2. The monoisotopic (exact) mass is 452 g/mol. The third-order valence-electron chi connectivity index (χ3n) is 4.36. The Bertz CT molecular complexity index is 1190. The molecule has 0 radical (unpaired) electrons. The van der Waals surface area contributed by atoms with Gasteiger partial charge in [0.1, 0.15) is 11.6 Å². The number of hydrogen-bond donors (Lipinski definition) is 2. The fraction of sp³-hybridized carbons (Fsp3) is 0.250. The third-order valence-corrected chi connectivity index (χ3v) is 6.85. The number of rotatable bonds is 8. The van der Waals surface area contributed by atoms with E-state index in [1.807, 2.05) is 0 Å². The summed E-state index contributed by atoms with van der Waals surface area (Å²) in [7, 11) is -0.602. The van der Waals surface area contributed by atoms with Crippen LogP contribution in [0, 0.1) is 5.82 Å². The van der Waals surface area contributed by atoms with Gasteiger partial charge in [0.25, 0.3) is 5.91 Å². The first kappa shape index (κ1) is 22.0. The van der Waals surface area contributed by atoms with Crippen LogP contribution in [-0.2, 0) is 21.4 Å². The van der Waals surface area contributed by atoms with Crippen molar-refractivity contribution in [2.24, 2.45) is 0 Å². The summed E-state index contributed by atoms with van der Waals surface area (Å²) < 4.78 is 51.5. The molecule has 7 nitrogen and oxygen atoms in total. The molecule has 1 aromatic heterocycles. The standard InChI is InChI=1S/C20H21FN2O5S2/c1-4-30(25,26)23-15-9-8-12(10-16(15)28-3)22-20(24)19-13(11-27-2)18-14(21)6-5-7-17(18)29-19/h5-10,23H,4,11H2,1-3H3,(H,22,24). The molecule has 2 N–H and O–H groups in total. The van der Waals surface area contributed by atoms with Gasteiger partial charge in [-0.15, -0.1) is 11.3 Å². The maximum absolute atomic E-state index is 14.3. The minimum absolute atomic E-state index is 0.0839. The van der Waals surface area contributed by atoms with E-state index in [0.717, 1.165) is 0 Å². The Morgan fingerprint density at radius 1 is 1.20 bits per heavy atom. The first-order chi connectivity index (χ1) is 14.3. The number of carbonyl (C=O) groups is 1. The normalized spacial score (nSPS) is 11.5. The van der Waals surface area contributed by atoms with Crippen molar-refractivity contribution in [3.8, 4) is 5.75 Å². The maximum Gasteiger partial charge on any atom is 0.266 e. The van der Waals surface area contributed by atoms with Crippen LogP contribution in [0.15, 0.2) is 36.4 Å². The lowest BCUT2D eigenvalue weighted by atomic mass is 10.1. The van der Waals surface area contributed by atoms with Crippen molar-refractivity contribution in [1.29, 1.82) is 0 Å². The van der Waals surface area contributed by atoms with Gasteiger partial charge in [0, 0.05) is 34.5 Å². The number of hydrogen-bond acceptors (Lipinski definition) is 6. The molecule has 30 heavy (non-hydrogen) atoms. The summed E-state index contributed by atoms with van der Waals surface area (Å²) in [5, 5.41) is 3.12. The van der Waals surface area contributed by atoms with Gasteiger partial charge in [0.2, 0.25) is 10.0 Å². The topological polar surface area (TPSA) is 93.7 Å². The van der Waals surface area contributed by atoms with Crippen LogP contribution in [0.3, 0.4) is 0 Å². The fourth-order valence-electron chi connectivity index (χ4n) is 2.91. The quantitative estimate of drug-likeness (QED) is 0.534. The Labute approximate surface area is 177 Å². The van der Waals surface area contributed by atoms with Gasteiger partial charge in [0.15, 0.2) is 0 Å². The number of anilines is 2. The van der Waals surface area contributed by atoms with Crippen molar-refractivity contribution in [2.45, 2.75) is 13.5 Å². The smallest absolute Gasteiger partial charge is 0.266 e. The van der Waals surface area contributed by atoms with Crippen molar-refractivity contribution in [1.82, 2.24) is 0 Å². The van der Waals surface area contributed by atoms with Gasteiger partial charge in [-0.25, -0.2) is 12.8 Å². The van der Waals surface area contributed by atoms with Crippen LogP contribution in [-0.4, -0.2) is 34.3 Å². The molecule has 0 saturated heterocycles. The van der Waals surface area contributed by atoms with Gasteiger partial charge >= 0.3 is 0 Å². The van der Waals surface area contributed by atoms with Crippen LogP contribution in [0.4, 0.5) is 15.8 Å². The summed E-state index contributed by atoms with van der Waals surface area (Å²) in [4.78, 5) is 13.3. The molecule has 0 bridgehead atoms. The summed E-state index contributed by atoms with van der Waals surface area (Å²) in [6.45, 7) is 1.61. The molecule has 0 saturated carbocycles. The molecule has 0 fully saturated rings. The van der Waals surface area contributed by atoms with Crippen molar-refractivity contribution >= 4 is 48.7 Å². The predicted molar refractivity (Wildman–Crippen MR) is 117 cm³/mol. The van der Waals surface area contributed by atoms with E-state index in [4.69, 9.17) is 9.47 Å². The van der Waals surface area contributed by atoms with Gasteiger partial charge in [-0.1, -0.05) is 6.07 Å². The molecule has 0 spiro atoms. The summed E-state index contributed by atoms with van der Waals surface area (Å²) in [6.07, 6.45) is 0. The molecular weight excluding hydrogens is 431 g/mol. The van der Waals surface area contributed by atoms with Crippen molar-refractivity contribution < 1.29 is 27.1 Å². The summed E-state index contributed by atoms with van der Waals surface area (Å²) in [5.74, 6) is -0.667. The van der Waals surface area contributed by atoms with Crippen LogP contribution < -0.4 is 14.8 Å². The van der Waals surface area contributed by atoms with E-state index in [1.165, 1.54) is 50.7 Å². The van der Waals surface area contributed by atoms with E-state index in [9.17, 15) is 17.6 Å². The molecule has 1 amide bonds. The zero-order valence-corrected chi connectivity index (χ0v) is 18.2. The molecule has 0 aliphatic heterocycles. The van der Waals surface area contributed by atoms with Crippen LogP contribution in [0.2, 0.25) is 0 Å². The Balaban J connectivity index is 1.93. The maximum atomic E-state index is 14.3. The van der Waals surface area contributed by atoms with Crippen molar-refractivity contribution in [3.63, 3.8) is 0 Å². The molecule has 0 aliphatic carbocycles. The van der Waals surface area contributed by atoms with Gasteiger partial charge in [-0.05, 0) is 31.2 Å². The Hall–Kier alpha value is -2.69. The highest BCUT2D eigenvalue weighted by molar-refractivity contribution is 7.92. The second-order valence-corrected chi connectivity index (χ2v) is 9.39. The van der Waals surface area contributed by atoms with E-state index in [1.54, 1.807) is 18.2 Å². The molecule has 0 unspecified atom stereocenters. The van der Waals surface area contributed by atoms with E-state index in [2.05, 4.69) is 10.0 Å². The molecule has 0 atom stereocenters. The molecule has 0 aliphatic rings. The predicted octanol–water partition coefficient (Wildman–Crippen LogP) is 4.21. The number of sulfonamides is 1. The van der Waals surface area contributed by atoms with Crippen LogP contribution in [0.1, 0.15) is 22.2 Å². The minimum atomic E-state index is -3.48. The first-order valence-electron chi connectivity index (χ1n) is 8.98. The van der Waals surface area contributed by atoms with Gasteiger partial charge < -0.3 is 14.8 Å². The molecule has 2 aromatic carbocycles. The third kappa shape index (κ3) is 4.55. The average molecular weight is 453 g/mol. The van der Waals surface area contributed by atoms with E-state index >= 15 is 0 Å². The van der Waals surface area contributed by atoms with Gasteiger partial charge in [-0.3, -0.25) is 9.52 Å². The minimum Gasteiger partial charge on any atom is -0.494 e. The zero-order chi connectivity index (χ0) is 21.9. The highest BCUT2D eigenvalue weighted by Crippen LogP contribution is 2.35. The zero-order valence-electron chi connectivity index (χ0n) is 16.6. The second-order valence-electron chi connectivity index (χ2n) is 6.33. The van der Waals surface area contributed by atoms with Crippen LogP contribution in [0.5, 0.6) is 5.75 Å². The molecule has 10 heteroatoms. The lowest BCUT2D eigenvalue weighted by molar-refractivity contribution is 0.102. The van der Waals surface area contributed by atoms with Crippen LogP contribution in [0.25, 0.3) is 10.1 Å². The molecular formula is C20H21FN2O5S2. The second kappa shape index (κ2) is 8.99. The van der Waals surface area contributed by atoms with E-state index < -0.39 is 21.7 Å². The number of halogens is 1.